The number of allylic oxidation sites excluding steroid dienone is 1. The first-order valence-corrected chi connectivity index (χ1v) is 10.2. The van der Waals surface area contributed by atoms with Crippen LogP contribution in [0.5, 0.6) is 0 Å². The normalized spacial score (nSPS) is 11.7. The highest BCUT2D eigenvalue weighted by Crippen LogP contribution is 2.35. The lowest BCUT2D eigenvalue weighted by Crippen LogP contribution is -1.98. The van der Waals surface area contributed by atoms with Gasteiger partial charge in [0.1, 0.15) is 6.07 Å². The van der Waals surface area contributed by atoms with Crippen LogP contribution in [0, 0.1) is 25.2 Å². The van der Waals surface area contributed by atoms with Crippen LogP contribution in [0.4, 0.5) is 0 Å². The Labute approximate surface area is 166 Å². The number of aryl methyl sites for hydroxylation is 1. The topological polar surface area (TPSA) is 41.6 Å². The van der Waals surface area contributed by atoms with Gasteiger partial charge in [-0.2, -0.15) is 5.26 Å². The van der Waals surface area contributed by atoms with Crippen LogP contribution in [0.25, 0.3) is 22.0 Å². The quantitative estimate of drug-likeness (QED) is 0.302. The van der Waals surface area contributed by atoms with Crippen LogP contribution in [0.2, 0.25) is 0 Å². The minimum Gasteiger partial charge on any atom is -0.318 e. The lowest BCUT2D eigenvalue weighted by Gasteiger charge is -2.09. The van der Waals surface area contributed by atoms with E-state index < -0.39 is 0 Å². The molecule has 0 spiro atoms. The number of benzene rings is 2. The summed E-state index contributed by atoms with van der Waals surface area (Å²) in [5, 5.41) is 9.64. The summed E-state index contributed by atoms with van der Waals surface area (Å²) in [6, 6.07) is 22.8. The molecular formula is C22H17N3S2. The minimum atomic E-state index is 0.641. The van der Waals surface area contributed by atoms with Gasteiger partial charge in [0.15, 0.2) is 4.34 Å². The van der Waals surface area contributed by atoms with Gasteiger partial charge >= 0.3 is 0 Å². The highest BCUT2D eigenvalue weighted by molar-refractivity contribution is 8.05. The highest BCUT2D eigenvalue weighted by atomic mass is 32.2. The van der Waals surface area contributed by atoms with E-state index in [0.717, 1.165) is 37.2 Å². The molecule has 4 aromatic rings. The third-order valence-corrected chi connectivity index (χ3v) is 6.38. The van der Waals surface area contributed by atoms with Crippen LogP contribution in [-0.4, -0.2) is 9.55 Å². The molecule has 0 saturated heterocycles. The molecule has 0 saturated carbocycles. The van der Waals surface area contributed by atoms with Gasteiger partial charge in [0.2, 0.25) is 0 Å². The summed E-state index contributed by atoms with van der Waals surface area (Å²) in [6.45, 7) is 4.17. The Morgan fingerprint density at radius 1 is 1.11 bits per heavy atom. The number of thiazole rings is 1. The number of nitrogens with zero attached hydrogens (tertiary/aromatic N) is 3. The third-order valence-electron chi connectivity index (χ3n) is 4.35. The summed E-state index contributed by atoms with van der Waals surface area (Å²) in [6.07, 6.45) is 1.96. The number of aromatic nitrogens is 2. The first-order valence-electron chi connectivity index (χ1n) is 8.55. The van der Waals surface area contributed by atoms with E-state index in [0.29, 0.717) is 4.91 Å². The molecule has 2 heterocycles. The number of fused-ring (bicyclic) bond motifs is 1. The molecule has 0 atom stereocenters. The number of para-hydroxylation sites is 2. The molecule has 0 aliphatic carbocycles. The molecule has 0 radical (unpaired) electrons. The molecule has 0 unspecified atom stereocenters. The Hall–Kier alpha value is -2.81. The van der Waals surface area contributed by atoms with E-state index in [9.17, 15) is 5.26 Å². The SMILES string of the molecule is Cc1cc(/C=C(\C#N)Sc2nc3ccccc3s2)c(C)n1-c1ccccc1. The average Bonchev–Trinajstić information content (AvgIpc) is 3.21. The second-order valence-electron chi connectivity index (χ2n) is 6.17. The summed E-state index contributed by atoms with van der Waals surface area (Å²) >= 11 is 3.04. The third kappa shape index (κ3) is 3.55. The molecule has 2 aromatic carbocycles. The van der Waals surface area contributed by atoms with E-state index in [2.05, 4.69) is 53.7 Å². The van der Waals surface area contributed by atoms with Crippen molar-refractivity contribution in [1.29, 1.82) is 5.26 Å². The van der Waals surface area contributed by atoms with Gasteiger partial charge in [-0.15, -0.1) is 11.3 Å². The number of hydrogen-bond donors (Lipinski definition) is 0. The van der Waals surface area contributed by atoms with Crippen LogP contribution in [0.15, 0.2) is 69.9 Å². The van der Waals surface area contributed by atoms with Crippen molar-refractivity contribution in [2.45, 2.75) is 18.2 Å². The zero-order chi connectivity index (χ0) is 18.8. The molecule has 4 rings (SSSR count). The predicted octanol–water partition coefficient (Wildman–Crippen LogP) is 6.36. The molecule has 3 nitrogen and oxygen atoms in total. The first-order chi connectivity index (χ1) is 13.2. The Morgan fingerprint density at radius 3 is 2.59 bits per heavy atom. The summed E-state index contributed by atoms with van der Waals surface area (Å²) in [7, 11) is 0. The van der Waals surface area contributed by atoms with E-state index >= 15 is 0 Å². The van der Waals surface area contributed by atoms with E-state index in [1.165, 1.54) is 11.8 Å². The van der Waals surface area contributed by atoms with Crippen LogP contribution in [0.1, 0.15) is 17.0 Å². The molecule has 0 amide bonds. The van der Waals surface area contributed by atoms with Crippen molar-refractivity contribution < 1.29 is 0 Å². The molecule has 0 bridgehead atoms. The smallest absolute Gasteiger partial charge is 0.156 e. The Kier molecular flexibility index (Phi) is 4.85. The van der Waals surface area contributed by atoms with E-state index in [1.54, 1.807) is 11.3 Å². The van der Waals surface area contributed by atoms with Crippen molar-refractivity contribution in [3.05, 3.63) is 82.5 Å². The highest BCUT2D eigenvalue weighted by Gasteiger charge is 2.12. The fourth-order valence-corrected chi connectivity index (χ4v) is 5.09. The van der Waals surface area contributed by atoms with Crippen molar-refractivity contribution in [3.63, 3.8) is 0 Å². The maximum Gasteiger partial charge on any atom is 0.156 e. The zero-order valence-corrected chi connectivity index (χ0v) is 16.6. The summed E-state index contributed by atoms with van der Waals surface area (Å²) in [4.78, 5) is 5.26. The Bertz CT molecular complexity index is 1140. The predicted molar refractivity (Wildman–Crippen MR) is 114 cm³/mol. The van der Waals surface area contributed by atoms with Crippen LogP contribution < -0.4 is 0 Å². The second-order valence-corrected chi connectivity index (χ2v) is 8.49. The van der Waals surface area contributed by atoms with Crippen molar-refractivity contribution in [2.24, 2.45) is 0 Å². The van der Waals surface area contributed by atoms with Crippen LogP contribution in [0.3, 0.4) is 0 Å². The van der Waals surface area contributed by atoms with Gasteiger partial charge in [0.05, 0.1) is 15.1 Å². The average molecular weight is 388 g/mol. The number of rotatable bonds is 4. The fraction of sp³-hybridized carbons (Fsp3) is 0.0909. The molecule has 0 N–H and O–H groups in total. The van der Waals surface area contributed by atoms with Gasteiger partial charge in [-0.25, -0.2) is 4.98 Å². The fourth-order valence-electron chi connectivity index (χ4n) is 3.12. The zero-order valence-electron chi connectivity index (χ0n) is 15.0. The number of hydrogen-bond acceptors (Lipinski definition) is 4. The Balaban J connectivity index is 1.68. The molecule has 0 fully saturated rings. The molecular weight excluding hydrogens is 370 g/mol. The number of nitriles is 1. The molecule has 5 heteroatoms. The van der Waals surface area contributed by atoms with Crippen molar-refractivity contribution in [2.75, 3.05) is 0 Å². The molecule has 27 heavy (non-hydrogen) atoms. The minimum absolute atomic E-state index is 0.641. The molecule has 0 aliphatic heterocycles. The van der Waals surface area contributed by atoms with E-state index in [-0.39, 0.29) is 0 Å². The standard InChI is InChI=1S/C22H17N3S2/c1-15-12-17(16(2)25(15)18-8-4-3-5-9-18)13-19(14-23)26-22-24-20-10-6-7-11-21(20)27-22/h3-13H,1-2H3/b19-13+. The van der Waals surface area contributed by atoms with Gasteiger partial charge in [0.25, 0.3) is 0 Å². The Morgan fingerprint density at radius 2 is 1.85 bits per heavy atom. The van der Waals surface area contributed by atoms with Gasteiger partial charge in [-0.1, -0.05) is 30.3 Å². The maximum absolute atomic E-state index is 9.64. The van der Waals surface area contributed by atoms with Gasteiger partial charge in [-0.3, -0.25) is 0 Å². The molecule has 0 aliphatic rings. The van der Waals surface area contributed by atoms with Gasteiger partial charge in [0, 0.05) is 17.1 Å². The van der Waals surface area contributed by atoms with Crippen molar-refractivity contribution >= 4 is 39.4 Å². The summed E-state index contributed by atoms with van der Waals surface area (Å²) in [5.74, 6) is 0. The lowest BCUT2D eigenvalue weighted by molar-refractivity contribution is 0.964. The van der Waals surface area contributed by atoms with Gasteiger partial charge < -0.3 is 4.57 Å². The van der Waals surface area contributed by atoms with E-state index in [1.807, 2.05) is 42.5 Å². The maximum atomic E-state index is 9.64. The van der Waals surface area contributed by atoms with Crippen LogP contribution in [-0.2, 0) is 0 Å². The number of thioether (sulfide) groups is 1. The van der Waals surface area contributed by atoms with Crippen LogP contribution >= 0.6 is 23.1 Å². The van der Waals surface area contributed by atoms with Crippen molar-refractivity contribution in [1.82, 2.24) is 9.55 Å². The largest absolute Gasteiger partial charge is 0.318 e. The monoisotopic (exact) mass is 387 g/mol. The summed E-state index contributed by atoms with van der Waals surface area (Å²) in [5.41, 5.74) is 5.43. The van der Waals surface area contributed by atoms with Gasteiger partial charge in [-0.05, 0) is 67.6 Å². The molecule has 132 valence electrons. The second kappa shape index (κ2) is 7.43. The molecule has 2 aromatic heterocycles. The van der Waals surface area contributed by atoms with Crippen molar-refractivity contribution in [3.8, 4) is 11.8 Å². The first kappa shape index (κ1) is 17.6. The lowest BCUT2D eigenvalue weighted by atomic mass is 10.2. The van der Waals surface area contributed by atoms with E-state index in [4.69, 9.17) is 0 Å². The summed E-state index contributed by atoms with van der Waals surface area (Å²) < 4.78 is 4.24.